The number of carboxylic acids is 1. The minimum absolute atomic E-state index is 0.103. The van der Waals surface area contributed by atoms with E-state index < -0.39 is 12.0 Å². The van der Waals surface area contributed by atoms with Crippen LogP contribution in [0.2, 0.25) is 5.02 Å². The van der Waals surface area contributed by atoms with Gasteiger partial charge < -0.3 is 15.7 Å². The molecule has 8 heteroatoms. The van der Waals surface area contributed by atoms with Gasteiger partial charge in [-0.1, -0.05) is 11.6 Å². The molecule has 0 radical (unpaired) electrons. The fourth-order valence-corrected chi connectivity index (χ4v) is 1.96. The first-order chi connectivity index (χ1) is 9.97. The highest BCUT2D eigenvalue weighted by atomic mass is 79.9. The number of carbonyl (C=O) groups is 2. The van der Waals surface area contributed by atoms with Crippen molar-refractivity contribution in [2.45, 2.75) is 0 Å². The van der Waals surface area contributed by atoms with Crippen molar-refractivity contribution in [1.82, 2.24) is 4.98 Å². The number of aromatic nitrogens is 1. The first kappa shape index (κ1) is 15.3. The molecule has 1 aromatic heterocycles. The number of pyridine rings is 1. The highest BCUT2D eigenvalue weighted by Gasteiger charge is 2.13. The molecular weight excluding hydrogens is 362 g/mol. The summed E-state index contributed by atoms with van der Waals surface area (Å²) in [5.74, 6) is -1.22. The van der Waals surface area contributed by atoms with Crippen LogP contribution < -0.4 is 10.6 Å². The maximum absolute atomic E-state index is 11.9. The van der Waals surface area contributed by atoms with Crippen LogP contribution >= 0.6 is 27.5 Å². The van der Waals surface area contributed by atoms with Crippen LogP contribution in [0, 0.1) is 0 Å². The second-order valence-corrected chi connectivity index (χ2v) is 5.17. The Kier molecular flexibility index (Phi) is 4.77. The topological polar surface area (TPSA) is 91.3 Å². The molecule has 0 saturated heterocycles. The standard InChI is InChI=1S/C13H9BrClN3O3/c14-8-4-3-7(6-9(8)15)17-13(21)18-10-2-1-5-16-11(10)12(19)20/h1-6H,(H,19,20)(H2,17,18,21). The molecule has 0 aliphatic carbocycles. The number of halogens is 2. The summed E-state index contributed by atoms with van der Waals surface area (Å²) in [5, 5.41) is 14.4. The van der Waals surface area contributed by atoms with E-state index in [0.29, 0.717) is 15.2 Å². The van der Waals surface area contributed by atoms with Crippen LogP contribution in [0.5, 0.6) is 0 Å². The van der Waals surface area contributed by atoms with Crippen molar-refractivity contribution in [2.75, 3.05) is 10.6 Å². The highest BCUT2D eigenvalue weighted by molar-refractivity contribution is 9.10. The monoisotopic (exact) mass is 369 g/mol. The van der Waals surface area contributed by atoms with Crippen LogP contribution in [0.4, 0.5) is 16.2 Å². The fourth-order valence-electron chi connectivity index (χ4n) is 1.54. The number of benzene rings is 1. The van der Waals surface area contributed by atoms with E-state index in [-0.39, 0.29) is 11.4 Å². The van der Waals surface area contributed by atoms with Gasteiger partial charge in [-0.05, 0) is 46.3 Å². The molecule has 6 nitrogen and oxygen atoms in total. The summed E-state index contributed by atoms with van der Waals surface area (Å²) in [4.78, 5) is 26.5. The molecule has 2 rings (SSSR count). The van der Waals surface area contributed by atoms with E-state index in [4.69, 9.17) is 16.7 Å². The average Bonchev–Trinajstić information content (AvgIpc) is 2.43. The molecule has 1 aromatic carbocycles. The number of carboxylic acid groups (broad SMARTS) is 1. The number of urea groups is 1. The quantitative estimate of drug-likeness (QED) is 0.765. The van der Waals surface area contributed by atoms with Gasteiger partial charge in [-0.3, -0.25) is 0 Å². The summed E-state index contributed by atoms with van der Waals surface area (Å²) in [6.07, 6.45) is 1.33. The van der Waals surface area contributed by atoms with Crippen molar-refractivity contribution in [1.29, 1.82) is 0 Å². The summed E-state index contributed by atoms with van der Waals surface area (Å²) in [6.45, 7) is 0. The van der Waals surface area contributed by atoms with Crippen molar-refractivity contribution in [2.24, 2.45) is 0 Å². The van der Waals surface area contributed by atoms with E-state index in [1.165, 1.54) is 18.3 Å². The Morgan fingerprint density at radius 1 is 1.24 bits per heavy atom. The summed E-state index contributed by atoms with van der Waals surface area (Å²) < 4.78 is 0.704. The zero-order chi connectivity index (χ0) is 15.4. The number of nitrogens with one attached hydrogen (secondary N) is 2. The van der Waals surface area contributed by atoms with Gasteiger partial charge in [0.2, 0.25) is 0 Å². The molecule has 0 fully saturated rings. The van der Waals surface area contributed by atoms with Crippen molar-refractivity contribution < 1.29 is 14.7 Å². The molecule has 0 atom stereocenters. The normalized spacial score (nSPS) is 10.0. The third-order valence-electron chi connectivity index (χ3n) is 2.44. The maximum Gasteiger partial charge on any atom is 0.356 e. The van der Waals surface area contributed by atoms with E-state index in [1.807, 2.05) is 0 Å². The van der Waals surface area contributed by atoms with Crippen molar-refractivity contribution in [3.63, 3.8) is 0 Å². The van der Waals surface area contributed by atoms with Crippen LogP contribution in [0.15, 0.2) is 41.0 Å². The summed E-state index contributed by atoms with van der Waals surface area (Å²) in [7, 11) is 0. The second-order valence-electron chi connectivity index (χ2n) is 3.91. The van der Waals surface area contributed by atoms with E-state index in [9.17, 15) is 9.59 Å². The molecule has 1 heterocycles. The van der Waals surface area contributed by atoms with Gasteiger partial charge >= 0.3 is 12.0 Å². The largest absolute Gasteiger partial charge is 0.476 e. The third kappa shape index (κ3) is 3.93. The molecule has 0 saturated carbocycles. The van der Waals surface area contributed by atoms with Crippen LogP contribution in [-0.4, -0.2) is 22.1 Å². The molecule has 0 bridgehead atoms. The SMILES string of the molecule is O=C(Nc1ccc(Br)c(Cl)c1)Nc1cccnc1C(=O)O. The lowest BCUT2D eigenvalue weighted by atomic mass is 10.3. The van der Waals surface area contributed by atoms with Gasteiger partial charge in [0.1, 0.15) is 0 Å². The zero-order valence-electron chi connectivity index (χ0n) is 10.4. The van der Waals surface area contributed by atoms with Gasteiger partial charge in [-0.25, -0.2) is 14.6 Å². The summed E-state index contributed by atoms with van der Waals surface area (Å²) in [5.41, 5.74) is 0.341. The summed E-state index contributed by atoms with van der Waals surface area (Å²) >= 11 is 9.16. The predicted molar refractivity (Wildman–Crippen MR) is 83.0 cm³/mol. The lowest BCUT2D eigenvalue weighted by Crippen LogP contribution is -2.21. The van der Waals surface area contributed by atoms with Crippen LogP contribution in [0.1, 0.15) is 10.5 Å². The van der Waals surface area contributed by atoms with Gasteiger partial charge in [0.05, 0.1) is 10.7 Å². The summed E-state index contributed by atoms with van der Waals surface area (Å²) in [6, 6.07) is 7.28. The Bertz CT molecular complexity index is 709. The van der Waals surface area contributed by atoms with Crippen molar-refractivity contribution >= 4 is 50.9 Å². The average molecular weight is 371 g/mol. The molecule has 21 heavy (non-hydrogen) atoms. The number of aromatic carboxylic acids is 1. The fraction of sp³-hybridized carbons (Fsp3) is 0. The van der Waals surface area contributed by atoms with Crippen molar-refractivity contribution in [3.8, 4) is 0 Å². The Labute approximate surface area is 133 Å². The molecule has 2 amide bonds. The Morgan fingerprint density at radius 3 is 2.67 bits per heavy atom. The molecule has 108 valence electrons. The smallest absolute Gasteiger partial charge is 0.356 e. The van der Waals surface area contributed by atoms with Gasteiger partial charge in [0, 0.05) is 16.4 Å². The van der Waals surface area contributed by atoms with E-state index in [2.05, 4.69) is 31.5 Å². The molecule has 0 unspecified atom stereocenters. The first-order valence-electron chi connectivity index (χ1n) is 5.69. The molecule has 3 N–H and O–H groups in total. The van der Waals surface area contributed by atoms with Gasteiger partial charge in [-0.2, -0.15) is 0 Å². The van der Waals surface area contributed by atoms with Gasteiger partial charge in [-0.15, -0.1) is 0 Å². The first-order valence-corrected chi connectivity index (χ1v) is 6.86. The number of nitrogens with zero attached hydrogens (tertiary/aromatic N) is 1. The van der Waals surface area contributed by atoms with Gasteiger partial charge in [0.15, 0.2) is 5.69 Å². The lowest BCUT2D eigenvalue weighted by Gasteiger charge is -2.09. The number of amides is 2. The van der Waals surface area contributed by atoms with Crippen LogP contribution in [0.25, 0.3) is 0 Å². The highest BCUT2D eigenvalue weighted by Crippen LogP contribution is 2.25. The number of anilines is 2. The number of hydrogen-bond acceptors (Lipinski definition) is 3. The van der Waals surface area contributed by atoms with E-state index in [1.54, 1.807) is 18.2 Å². The van der Waals surface area contributed by atoms with Gasteiger partial charge in [0.25, 0.3) is 0 Å². The number of carbonyl (C=O) groups excluding carboxylic acids is 1. The number of hydrogen-bond donors (Lipinski definition) is 3. The molecule has 0 aliphatic heterocycles. The van der Waals surface area contributed by atoms with E-state index >= 15 is 0 Å². The third-order valence-corrected chi connectivity index (χ3v) is 3.67. The second kappa shape index (κ2) is 6.55. The Morgan fingerprint density at radius 2 is 2.00 bits per heavy atom. The Balaban J connectivity index is 2.12. The minimum Gasteiger partial charge on any atom is -0.476 e. The van der Waals surface area contributed by atoms with E-state index in [0.717, 1.165) is 0 Å². The molecule has 0 aliphatic rings. The maximum atomic E-state index is 11.9. The minimum atomic E-state index is -1.22. The molecule has 2 aromatic rings. The molecular formula is C13H9BrClN3O3. The predicted octanol–water partition coefficient (Wildman–Crippen LogP) is 3.84. The Hall–Kier alpha value is -2.12. The lowest BCUT2D eigenvalue weighted by molar-refractivity contribution is 0.0692. The van der Waals surface area contributed by atoms with Crippen LogP contribution in [-0.2, 0) is 0 Å². The molecule has 0 spiro atoms. The van der Waals surface area contributed by atoms with Crippen molar-refractivity contribution in [3.05, 3.63) is 51.7 Å². The van der Waals surface area contributed by atoms with Crippen LogP contribution in [0.3, 0.4) is 0 Å². The zero-order valence-corrected chi connectivity index (χ0v) is 12.8. The number of rotatable bonds is 3.